The molecule has 1 saturated carbocycles. The monoisotopic (exact) mass is 240 g/mol. The van der Waals surface area contributed by atoms with Crippen molar-refractivity contribution < 1.29 is 0 Å². The van der Waals surface area contributed by atoms with E-state index in [9.17, 15) is 0 Å². The normalized spacial score (nSPS) is 16.6. The highest BCUT2D eigenvalue weighted by Gasteiger charge is 2.22. The van der Waals surface area contributed by atoms with E-state index in [1.54, 1.807) is 0 Å². The van der Waals surface area contributed by atoms with Gasteiger partial charge in [-0.3, -0.25) is 0 Å². The number of nitrogens with one attached hydrogen (secondary N) is 1. The van der Waals surface area contributed by atoms with Crippen molar-refractivity contribution in [3.8, 4) is 0 Å². The first-order valence-corrected chi connectivity index (χ1v) is 6.39. The van der Waals surface area contributed by atoms with Crippen molar-refractivity contribution in [3.05, 3.63) is 54.3 Å². The predicted molar refractivity (Wildman–Crippen MR) is 78.8 cm³/mol. The zero-order chi connectivity index (χ0) is 13.0. The molecule has 0 heterocycles. The highest BCUT2D eigenvalue weighted by Crippen LogP contribution is 2.36. The summed E-state index contributed by atoms with van der Waals surface area (Å²) in [5.41, 5.74) is 3.28. The molecular weight excluding hydrogens is 220 g/mol. The summed E-state index contributed by atoms with van der Waals surface area (Å²) in [6.45, 7) is 8.08. The van der Waals surface area contributed by atoms with Crippen LogP contribution < -0.4 is 5.32 Å². The van der Waals surface area contributed by atoms with Crippen LogP contribution in [0.25, 0.3) is 0 Å². The summed E-state index contributed by atoms with van der Waals surface area (Å²) >= 11 is 0. The summed E-state index contributed by atoms with van der Waals surface area (Å²) in [6.07, 6.45) is 4.66. The first-order valence-electron chi connectivity index (χ1n) is 6.39. The van der Waals surface area contributed by atoms with Crippen LogP contribution in [0, 0.1) is 5.92 Å². The van der Waals surface area contributed by atoms with Gasteiger partial charge in [0.15, 0.2) is 0 Å². The van der Waals surface area contributed by atoms with Crippen LogP contribution in [0.4, 0.5) is 5.69 Å². The van der Waals surface area contributed by atoms with Gasteiger partial charge in [-0.05, 0) is 50.8 Å². The smallest absolute Gasteiger partial charge is 0.103 e. The van der Waals surface area contributed by atoms with Gasteiger partial charge in [0, 0.05) is 11.4 Å². The molecule has 0 radical (unpaired) electrons. The van der Waals surface area contributed by atoms with E-state index in [2.05, 4.69) is 23.0 Å². The van der Waals surface area contributed by atoms with E-state index in [1.807, 2.05) is 44.2 Å². The highest BCUT2D eigenvalue weighted by atomic mass is 15.0. The average molecular weight is 240 g/mol. The Kier molecular flexibility index (Phi) is 3.98. The lowest BCUT2D eigenvalue weighted by atomic mass is 10.2. The molecule has 1 N–H and O–H groups in total. The van der Waals surface area contributed by atoms with Crippen molar-refractivity contribution in [2.45, 2.75) is 26.7 Å². The first-order chi connectivity index (χ1) is 8.65. The molecular formula is C16H20N2. The van der Waals surface area contributed by atoms with Crippen LogP contribution >= 0.6 is 0 Å². The van der Waals surface area contributed by atoms with Gasteiger partial charge in [0.1, 0.15) is 5.84 Å². The van der Waals surface area contributed by atoms with E-state index >= 15 is 0 Å². The predicted octanol–water partition coefficient (Wildman–Crippen LogP) is 4.39. The number of amidine groups is 1. The van der Waals surface area contributed by atoms with Crippen LogP contribution in [0.5, 0.6) is 0 Å². The number of rotatable bonds is 4. The SMILES string of the molecule is C=C(/C=C(C)\N=C(/C)Nc1ccccc1)C1CC1. The maximum Gasteiger partial charge on any atom is 0.103 e. The molecule has 1 aromatic carbocycles. The minimum absolute atomic E-state index is 0.706. The molecule has 0 amide bonds. The molecule has 0 aliphatic heterocycles. The lowest BCUT2D eigenvalue weighted by Crippen LogP contribution is -2.06. The van der Waals surface area contributed by atoms with Crippen LogP contribution in [0.15, 0.2) is 59.2 Å². The summed E-state index contributed by atoms with van der Waals surface area (Å²) < 4.78 is 0. The fraction of sp³-hybridized carbons (Fsp3) is 0.312. The van der Waals surface area contributed by atoms with Crippen LogP contribution in [-0.2, 0) is 0 Å². The molecule has 2 heteroatoms. The second kappa shape index (κ2) is 5.67. The number of anilines is 1. The van der Waals surface area contributed by atoms with E-state index in [0.29, 0.717) is 5.92 Å². The summed E-state index contributed by atoms with van der Waals surface area (Å²) in [6, 6.07) is 10.1. The molecule has 0 bridgehead atoms. The molecule has 1 aliphatic rings. The average Bonchev–Trinajstić information content (AvgIpc) is 3.13. The number of hydrogen-bond acceptors (Lipinski definition) is 1. The zero-order valence-electron chi connectivity index (χ0n) is 11.1. The number of hydrogen-bond donors (Lipinski definition) is 1. The third-order valence-corrected chi connectivity index (χ3v) is 2.94. The van der Waals surface area contributed by atoms with Gasteiger partial charge in [-0.25, -0.2) is 4.99 Å². The van der Waals surface area contributed by atoms with E-state index < -0.39 is 0 Å². The molecule has 1 aliphatic carbocycles. The number of nitrogens with zero attached hydrogens (tertiary/aromatic N) is 1. The highest BCUT2D eigenvalue weighted by molar-refractivity contribution is 5.94. The summed E-state index contributed by atoms with van der Waals surface area (Å²) in [5.74, 6) is 1.61. The second-order valence-corrected chi connectivity index (χ2v) is 4.82. The second-order valence-electron chi connectivity index (χ2n) is 4.82. The first kappa shape index (κ1) is 12.6. The molecule has 2 rings (SSSR count). The van der Waals surface area contributed by atoms with Crippen molar-refractivity contribution in [3.63, 3.8) is 0 Å². The lowest BCUT2D eigenvalue weighted by molar-refractivity contribution is 1.05. The summed E-state index contributed by atoms with van der Waals surface area (Å²) in [5, 5.41) is 3.27. The number of benzene rings is 1. The van der Waals surface area contributed by atoms with Crippen LogP contribution in [0.2, 0.25) is 0 Å². The Morgan fingerprint density at radius 1 is 1.28 bits per heavy atom. The van der Waals surface area contributed by atoms with E-state index in [4.69, 9.17) is 0 Å². The van der Waals surface area contributed by atoms with Gasteiger partial charge < -0.3 is 5.32 Å². The fourth-order valence-corrected chi connectivity index (χ4v) is 1.90. The van der Waals surface area contributed by atoms with Crippen LogP contribution in [0.1, 0.15) is 26.7 Å². The molecule has 0 spiro atoms. The van der Waals surface area contributed by atoms with Gasteiger partial charge in [0.25, 0.3) is 0 Å². The lowest BCUT2D eigenvalue weighted by Gasteiger charge is -2.05. The van der Waals surface area contributed by atoms with Crippen molar-refractivity contribution in [2.75, 3.05) is 5.32 Å². The quantitative estimate of drug-likeness (QED) is 0.471. The molecule has 0 aromatic heterocycles. The number of para-hydroxylation sites is 1. The Labute approximate surface area is 109 Å². The van der Waals surface area contributed by atoms with Gasteiger partial charge in [0.2, 0.25) is 0 Å². The minimum Gasteiger partial charge on any atom is -0.344 e. The third-order valence-electron chi connectivity index (χ3n) is 2.94. The maximum atomic E-state index is 4.53. The largest absolute Gasteiger partial charge is 0.344 e. The molecule has 1 fully saturated rings. The van der Waals surface area contributed by atoms with Gasteiger partial charge >= 0.3 is 0 Å². The van der Waals surface area contributed by atoms with Crippen molar-refractivity contribution in [1.29, 1.82) is 0 Å². The van der Waals surface area contributed by atoms with E-state index in [1.165, 1.54) is 18.4 Å². The standard InChI is InChI=1S/C16H20N2/c1-12(15-9-10-15)11-13(2)17-14(3)18-16-7-5-4-6-8-16/h4-8,11,15H,1,9-10H2,2-3H3,(H,17,18)/b13-11-. The number of aliphatic imine (C=N–C) groups is 1. The molecule has 0 saturated heterocycles. The molecule has 2 nitrogen and oxygen atoms in total. The van der Waals surface area contributed by atoms with Gasteiger partial charge in [-0.2, -0.15) is 0 Å². The Morgan fingerprint density at radius 3 is 2.56 bits per heavy atom. The fourth-order valence-electron chi connectivity index (χ4n) is 1.90. The molecule has 18 heavy (non-hydrogen) atoms. The molecule has 0 atom stereocenters. The molecule has 1 aromatic rings. The Morgan fingerprint density at radius 2 is 1.94 bits per heavy atom. The number of allylic oxidation sites excluding steroid dienone is 3. The third kappa shape index (κ3) is 3.88. The van der Waals surface area contributed by atoms with Crippen LogP contribution in [0.3, 0.4) is 0 Å². The van der Waals surface area contributed by atoms with E-state index in [0.717, 1.165) is 17.2 Å². The van der Waals surface area contributed by atoms with Gasteiger partial charge in [-0.1, -0.05) is 30.4 Å². The van der Waals surface area contributed by atoms with Gasteiger partial charge in [0.05, 0.1) is 0 Å². The zero-order valence-corrected chi connectivity index (χ0v) is 11.1. The van der Waals surface area contributed by atoms with Crippen molar-refractivity contribution in [2.24, 2.45) is 10.9 Å². The maximum absolute atomic E-state index is 4.53. The molecule has 0 unspecified atom stereocenters. The van der Waals surface area contributed by atoms with E-state index in [-0.39, 0.29) is 0 Å². The van der Waals surface area contributed by atoms with Crippen molar-refractivity contribution >= 4 is 11.5 Å². The van der Waals surface area contributed by atoms with Crippen molar-refractivity contribution in [1.82, 2.24) is 0 Å². The Bertz CT molecular complexity index is 479. The Hall–Kier alpha value is -1.83. The summed E-state index contributed by atoms with van der Waals surface area (Å²) in [4.78, 5) is 4.53. The minimum atomic E-state index is 0.706. The molecule has 94 valence electrons. The summed E-state index contributed by atoms with van der Waals surface area (Å²) in [7, 11) is 0. The van der Waals surface area contributed by atoms with Gasteiger partial charge in [-0.15, -0.1) is 0 Å². The van der Waals surface area contributed by atoms with Crippen LogP contribution in [-0.4, -0.2) is 5.84 Å². The Balaban J connectivity index is 1.97. The topological polar surface area (TPSA) is 24.4 Å².